The van der Waals surface area contributed by atoms with Gasteiger partial charge in [-0.25, -0.2) is 0 Å². The molecule has 2 heterocycles. The highest BCUT2D eigenvalue weighted by molar-refractivity contribution is 5.77. The molecule has 5 fully saturated rings. The fourth-order valence-corrected chi connectivity index (χ4v) is 14.6. The van der Waals surface area contributed by atoms with Crippen LogP contribution < -0.4 is 0 Å². The first kappa shape index (κ1) is 57.5. The monoisotopic (exact) mass is 980 g/mol. The van der Waals surface area contributed by atoms with Crippen LogP contribution in [0.5, 0.6) is 0 Å². The molecular weight excluding hydrogens is 875 g/mol. The van der Waals surface area contributed by atoms with E-state index in [2.05, 4.69) is 64.7 Å². The molecule has 0 bridgehead atoms. The number of hydrogen-bond acceptors (Lipinski definition) is 9. The molecule has 2 aliphatic heterocycles. The number of piperidine rings is 1. The quantitative estimate of drug-likeness (QED) is 0.0362. The first-order valence-electron chi connectivity index (χ1n) is 29.8. The number of hydrogen-bond donors (Lipinski definition) is 0. The molecule has 0 radical (unpaired) electrons. The minimum Gasteiger partial charge on any atom is -0.463 e. The third-order valence-corrected chi connectivity index (χ3v) is 18.8. The third-order valence-electron chi connectivity index (χ3n) is 18.8. The van der Waals surface area contributed by atoms with Crippen molar-refractivity contribution in [1.29, 1.82) is 0 Å². The number of allylic oxidation sites excluding steroid dienone is 3. The van der Waals surface area contributed by atoms with Crippen LogP contribution in [0.4, 0.5) is 0 Å². The molecule has 6 rings (SSSR count). The van der Waals surface area contributed by atoms with E-state index in [1.165, 1.54) is 140 Å². The minimum absolute atomic E-state index is 0.0236. The van der Waals surface area contributed by atoms with Crippen molar-refractivity contribution in [3.63, 3.8) is 0 Å². The summed E-state index contributed by atoms with van der Waals surface area (Å²) in [4.78, 5) is 28.3. The first-order valence-corrected chi connectivity index (χ1v) is 29.8. The standard InChI is InChI=1S/C61H105NO8/c1-7-8-9-10-11-12-13-14-15-16-17-18-19-20-21-22-40-65-47-52(46-62-38-36-61(37-39-62)68-43-44-69-61)66-41-42-67-57(63)30-31-58(64)70-51-32-34-59(5)50(45-51)26-27-53-55-29-28-54(49(4)25-23-24-48(2)3)60(55,6)35-33-56(53)59/h14-15,26,48-49,51-56H,7-13,16-25,27-47H2,1-6H3/b15-14-/t49-,51+,52?,53+,54?,55?,56?,59+,60-/m1/s1. The SMILES string of the molecule is CCCCCCCC/C=C\CCCCCCCCOCC(CN1CCC2(CC1)OCCO2)OCCOC(=O)CCC(=O)O[C@H]1CC[C@@]2(C)C(=CC[C@H]3C4CCC([C@H](C)CCCC(C)C)[C@@]4(C)CCC32)C1. The number of fused-ring (bicyclic) bond motifs is 5. The van der Waals surface area contributed by atoms with Gasteiger partial charge < -0.3 is 33.3 Å². The maximum absolute atomic E-state index is 13.1. The van der Waals surface area contributed by atoms with E-state index in [1.807, 2.05) is 0 Å². The Kier molecular flexibility index (Phi) is 24.6. The zero-order chi connectivity index (χ0) is 49.7. The highest BCUT2D eigenvalue weighted by atomic mass is 16.7. The summed E-state index contributed by atoms with van der Waals surface area (Å²) in [5.74, 6) is 3.79. The Balaban J connectivity index is 0.837. The summed E-state index contributed by atoms with van der Waals surface area (Å²) >= 11 is 0. The van der Waals surface area contributed by atoms with Crippen molar-refractivity contribution >= 4 is 11.9 Å². The lowest BCUT2D eigenvalue weighted by atomic mass is 9.47. The van der Waals surface area contributed by atoms with Gasteiger partial charge in [0.25, 0.3) is 0 Å². The lowest BCUT2D eigenvalue weighted by Gasteiger charge is -2.58. The smallest absolute Gasteiger partial charge is 0.306 e. The fourth-order valence-electron chi connectivity index (χ4n) is 14.6. The summed E-state index contributed by atoms with van der Waals surface area (Å²) in [7, 11) is 0. The van der Waals surface area contributed by atoms with E-state index in [4.69, 9.17) is 28.4 Å². The van der Waals surface area contributed by atoms with Gasteiger partial charge in [0.15, 0.2) is 5.79 Å². The van der Waals surface area contributed by atoms with E-state index >= 15 is 0 Å². The zero-order valence-corrected chi connectivity index (χ0v) is 45.9. The van der Waals surface area contributed by atoms with Crippen LogP contribution in [0, 0.1) is 46.3 Å². The number of carbonyl (C=O) groups is 2. The molecule has 1 spiro atoms. The molecular formula is C61H105NO8. The molecule has 3 saturated carbocycles. The molecule has 70 heavy (non-hydrogen) atoms. The van der Waals surface area contributed by atoms with E-state index in [0.717, 1.165) is 100 Å². The van der Waals surface area contributed by atoms with Crippen molar-refractivity contribution in [3.8, 4) is 0 Å². The number of ether oxygens (including phenoxy) is 6. The van der Waals surface area contributed by atoms with Gasteiger partial charge >= 0.3 is 11.9 Å². The number of likely N-dealkylation sites (tertiary alicyclic amines) is 1. The van der Waals surface area contributed by atoms with E-state index in [0.29, 0.717) is 31.8 Å². The van der Waals surface area contributed by atoms with Crippen molar-refractivity contribution < 1.29 is 38.0 Å². The molecule has 4 unspecified atom stereocenters. The van der Waals surface area contributed by atoms with Crippen molar-refractivity contribution in [2.24, 2.45) is 46.3 Å². The number of nitrogens with zero attached hydrogens (tertiary/aromatic N) is 1. The van der Waals surface area contributed by atoms with Crippen molar-refractivity contribution in [2.45, 2.75) is 246 Å². The minimum atomic E-state index is -0.411. The van der Waals surface area contributed by atoms with Gasteiger partial charge in [-0.3, -0.25) is 9.59 Å². The van der Waals surface area contributed by atoms with Gasteiger partial charge in [0.05, 0.1) is 45.4 Å². The summed E-state index contributed by atoms with van der Waals surface area (Å²) in [6, 6.07) is 0. The molecule has 0 amide bonds. The number of esters is 2. The van der Waals surface area contributed by atoms with E-state index in [-0.39, 0.29) is 49.0 Å². The van der Waals surface area contributed by atoms with E-state index < -0.39 is 5.79 Å². The molecule has 4 aliphatic carbocycles. The van der Waals surface area contributed by atoms with Gasteiger partial charge in [0, 0.05) is 45.5 Å². The van der Waals surface area contributed by atoms with Crippen molar-refractivity contribution in [1.82, 2.24) is 4.90 Å². The van der Waals surface area contributed by atoms with Crippen LogP contribution in [-0.4, -0.2) is 94.1 Å². The number of carbonyl (C=O) groups excluding carboxylic acids is 2. The third kappa shape index (κ3) is 17.4. The van der Waals surface area contributed by atoms with Gasteiger partial charge in [-0.1, -0.05) is 142 Å². The maximum atomic E-state index is 13.1. The molecule has 402 valence electrons. The van der Waals surface area contributed by atoms with Gasteiger partial charge in [0.2, 0.25) is 0 Å². The van der Waals surface area contributed by atoms with Gasteiger partial charge in [-0.05, 0) is 123 Å². The van der Waals surface area contributed by atoms with E-state index in [9.17, 15) is 9.59 Å². The van der Waals surface area contributed by atoms with E-state index in [1.54, 1.807) is 0 Å². The summed E-state index contributed by atoms with van der Waals surface area (Å²) in [6.07, 6.45) is 40.7. The normalized spacial score (nSPS) is 29.5. The van der Waals surface area contributed by atoms with Crippen LogP contribution in [0.2, 0.25) is 0 Å². The molecule has 9 heteroatoms. The average molecular weight is 981 g/mol. The van der Waals surface area contributed by atoms with Gasteiger partial charge in [-0.15, -0.1) is 0 Å². The lowest BCUT2D eigenvalue weighted by Crippen LogP contribution is -2.51. The predicted octanol–water partition coefficient (Wildman–Crippen LogP) is 14.5. The van der Waals surface area contributed by atoms with Crippen LogP contribution >= 0.6 is 0 Å². The number of unbranched alkanes of at least 4 members (excludes halogenated alkanes) is 12. The Labute approximate surface area is 428 Å². The van der Waals surface area contributed by atoms with Crippen LogP contribution in [0.25, 0.3) is 0 Å². The predicted molar refractivity (Wildman–Crippen MR) is 283 cm³/mol. The summed E-state index contributed by atoms with van der Waals surface area (Å²) < 4.78 is 36.1. The molecule has 0 aromatic carbocycles. The Morgan fingerprint density at radius 3 is 2.14 bits per heavy atom. The van der Waals surface area contributed by atoms with Crippen LogP contribution in [0.3, 0.4) is 0 Å². The molecule has 0 aromatic rings. The van der Waals surface area contributed by atoms with Gasteiger partial charge in [-0.2, -0.15) is 0 Å². The lowest BCUT2D eigenvalue weighted by molar-refractivity contribution is -0.187. The Morgan fingerprint density at radius 1 is 0.743 bits per heavy atom. The van der Waals surface area contributed by atoms with Gasteiger partial charge in [0.1, 0.15) is 12.7 Å². The van der Waals surface area contributed by atoms with Crippen molar-refractivity contribution in [2.75, 3.05) is 59.3 Å². The van der Waals surface area contributed by atoms with Crippen LogP contribution in [-0.2, 0) is 38.0 Å². The molecule has 6 aliphatic rings. The summed E-state index contributed by atoms with van der Waals surface area (Å²) in [5.41, 5.74) is 2.23. The highest BCUT2D eigenvalue weighted by Gasteiger charge is 2.59. The first-order chi connectivity index (χ1) is 33.9. The topological polar surface area (TPSA) is 92.8 Å². The second-order valence-corrected chi connectivity index (χ2v) is 24.3. The zero-order valence-electron chi connectivity index (χ0n) is 45.9. The molecule has 0 N–H and O–H groups in total. The van der Waals surface area contributed by atoms with Crippen LogP contribution in [0.15, 0.2) is 23.8 Å². The number of rotatable bonds is 33. The van der Waals surface area contributed by atoms with Crippen LogP contribution in [0.1, 0.15) is 228 Å². The molecule has 9 nitrogen and oxygen atoms in total. The molecule has 9 atom stereocenters. The fraction of sp³-hybridized carbons (Fsp3) is 0.902. The molecule has 2 saturated heterocycles. The Bertz CT molecular complexity index is 1560. The largest absolute Gasteiger partial charge is 0.463 e. The highest BCUT2D eigenvalue weighted by Crippen LogP contribution is 2.67. The Hall–Kier alpha value is -1.78. The second kappa shape index (κ2) is 29.9. The maximum Gasteiger partial charge on any atom is 0.306 e. The van der Waals surface area contributed by atoms with Crippen molar-refractivity contribution in [3.05, 3.63) is 23.8 Å². The summed E-state index contributed by atoms with van der Waals surface area (Å²) in [6.45, 7) is 20.3. The second-order valence-electron chi connectivity index (χ2n) is 24.3. The Morgan fingerprint density at radius 2 is 1.43 bits per heavy atom. The summed E-state index contributed by atoms with van der Waals surface area (Å²) in [5, 5.41) is 0. The average Bonchev–Trinajstić information content (AvgIpc) is 3.96. The molecule has 0 aromatic heterocycles.